The third-order valence-electron chi connectivity index (χ3n) is 4.17. The summed E-state index contributed by atoms with van der Waals surface area (Å²) in [6, 6.07) is 14.6. The zero-order chi connectivity index (χ0) is 14.8. The lowest BCUT2D eigenvalue weighted by Gasteiger charge is -2.13. The zero-order valence-corrected chi connectivity index (χ0v) is 12.7. The molecule has 2 aromatic carbocycles. The van der Waals surface area contributed by atoms with Crippen LogP contribution in [0, 0.1) is 0 Å². The largest absolute Gasteiger partial charge is 0.493 e. The van der Waals surface area contributed by atoms with E-state index in [0.717, 1.165) is 24.3 Å². The highest BCUT2D eigenvalue weighted by Gasteiger charge is 2.15. The molecule has 1 aliphatic rings. The average Bonchev–Trinajstić information content (AvgIpc) is 2.95. The van der Waals surface area contributed by atoms with Crippen LogP contribution in [-0.4, -0.2) is 11.7 Å². The van der Waals surface area contributed by atoms with Gasteiger partial charge in [0.2, 0.25) is 0 Å². The fourth-order valence-electron chi connectivity index (χ4n) is 2.79. The van der Waals surface area contributed by atoms with Crippen LogP contribution in [0.15, 0.2) is 42.5 Å². The quantitative estimate of drug-likeness (QED) is 0.917. The van der Waals surface area contributed by atoms with Gasteiger partial charge in [0.05, 0.1) is 12.7 Å². The van der Waals surface area contributed by atoms with Gasteiger partial charge in [0.15, 0.2) is 0 Å². The summed E-state index contributed by atoms with van der Waals surface area (Å²) in [4.78, 5) is 0. The summed E-state index contributed by atoms with van der Waals surface area (Å²) in [7, 11) is 0. The fraction of sp³-hybridized carbons (Fsp3) is 0.368. The third-order valence-corrected chi connectivity index (χ3v) is 4.17. The van der Waals surface area contributed by atoms with Crippen molar-refractivity contribution < 1.29 is 9.84 Å². The van der Waals surface area contributed by atoms with Crippen LogP contribution in [0.5, 0.6) is 5.75 Å². The standard InChI is InChI=1S/C19H22O2/c1-13(2)15-5-3-14(4-6-15)11-18(20)16-7-8-19-17(12-16)9-10-21-19/h3-8,12-13,18,20H,9-11H2,1-2H3. The number of aliphatic hydroxyl groups is 1. The summed E-state index contributed by atoms with van der Waals surface area (Å²) >= 11 is 0. The molecule has 3 rings (SSSR count). The SMILES string of the molecule is CC(C)c1ccc(CC(O)c2ccc3c(c2)CCO3)cc1. The molecule has 2 nitrogen and oxygen atoms in total. The smallest absolute Gasteiger partial charge is 0.122 e. The van der Waals surface area contributed by atoms with E-state index in [1.807, 2.05) is 12.1 Å². The number of ether oxygens (including phenoxy) is 1. The first-order chi connectivity index (χ1) is 10.1. The molecule has 1 atom stereocenters. The van der Waals surface area contributed by atoms with Gasteiger partial charge in [-0.05, 0) is 40.3 Å². The van der Waals surface area contributed by atoms with Crippen molar-refractivity contribution in [3.8, 4) is 5.75 Å². The van der Waals surface area contributed by atoms with Crippen molar-refractivity contribution in [2.24, 2.45) is 0 Å². The molecule has 21 heavy (non-hydrogen) atoms. The van der Waals surface area contributed by atoms with E-state index in [1.165, 1.54) is 16.7 Å². The number of benzene rings is 2. The first kappa shape index (κ1) is 14.2. The number of rotatable bonds is 4. The second-order valence-corrected chi connectivity index (χ2v) is 6.08. The predicted molar refractivity (Wildman–Crippen MR) is 84.8 cm³/mol. The first-order valence-corrected chi connectivity index (χ1v) is 7.66. The predicted octanol–water partition coefficient (Wildman–Crippen LogP) is 4.02. The van der Waals surface area contributed by atoms with Gasteiger partial charge in [0, 0.05) is 12.8 Å². The van der Waals surface area contributed by atoms with E-state index in [1.54, 1.807) is 0 Å². The average molecular weight is 282 g/mol. The maximum absolute atomic E-state index is 10.4. The maximum atomic E-state index is 10.4. The van der Waals surface area contributed by atoms with Gasteiger partial charge < -0.3 is 9.84 Å². The minimum atomic E-state index is -0.458. The van der Waals surface area contributed by atoms with Gasteiger partial charge in [-0.3, -0.25) is 0 Å². The molecule has 0 saturated heterocycles. The van der Waals surface area contributed by atoms with Crippen LogP contribution < -0.4 is 4.74 Å². The van der Waals surface area contributed by atoms with Gasteiger partial charge in [-0.1, -0.05) is 44.2 Å². The van der Waals surface area contributed by atoms with E-state index in [9.17, 15) is 5.11 Å². The van der Waals surface area contributed by atoms with Crippen molar-refractivity contribution in [2.75, 3.05) is 6.61 Å². The number of hydrogen-bond donors (Lipinski definition) is 1. The summed E-state index contributed by atoms with van der Waals surface area (Å²) in [6.45, 7) is 5.14. The Kier molecular flexibility index (Phi) is 3.98. The van der Waals surface area contributed by atoms with Crippen LogP contribution in [0.25, 0.3) is 0 Å². The van der Waals surface area contributed by atoms with Gasteiger partial charge in [-0.25, -0.2) is 0 Å². The molecule has 1 N–H and O–H groups in total. The summed E-state index contributed by atoms with van der Waals surface area (Å²) in [6.07, 6.45) is 1.14. The van der Waals surface area contributed by atoms with Crippen molar-refractivity contribution in [1.82, 2.24) is 0 Å². The monoisotopic (exact) mass is 282 g/mol. The number of aliphatic hydroxyl groups excluding tert-OH is 1. The summed E-state index contributed by atoms with van der Waals surface area (Å²) < 4.78 is 5.51. The number of fused-ring (bicyclic) bond motifs is 1. The Balaban J connectivity index is 1.72. The molecular weight excluding hydrogens is 260 g/mol. The maximum Gasteiger partial charge on any atom is 0.122 e. The molecule has 1 aliphatic heterocycles. The molecule has 0 aromatic heterocycles. The lowest BCUT2D eigenvalue weighted by molar-refractivity contribution is 0.178. The van der Waals surface area contributed by atoms with E-state index in [0.29, 0.717) is 12.3 Å². The van der Waals surface area contributed by atoms with Crippen molar-refractivity contribution in [3.63, 3.8) is 0 Å². The minimum Gasteiger partial charge on any atom is -0.493 e. The highest BCUT2D eigenvalue weighted by atomic mass is 16.5. The zero-order valence-electron chi connectivity index (χ0n) is 12.7. The highest BCUT2D eigenvalue weighted by molar-refractivity contribution is 5.40. The van der Waals surface area contributed by atoms with Gasteiger partial charge in [-0.15, -0.1) is 0 Å². The molecule has 2 heteroatoms. The van der Waals surface area contributed by atoms with E-state index in [4.69, 9.17) is 4.74 Å². The van der Waals surface area contributed by atoms with Crippen LogP contribution >= 0.6 is 0 Å². The van der Waals surface area contributed by atoms with E-state index >= 15 is 0 Å². The van der Waals surface area contributed by atoms with Crippen molar-refractivity contribution in [2.45, 2.75) is 38.7 Å². The van der Waals surface area contributed by atoms with Crippen LogP contribution in [0.1, 0.15) is 48.1 Å². The second kappa shape index (κ2) is 5.90. The van der Waals surface area contributed by atoms with Gasteiger partial charge in [0.25, 0.3) is 0 Å². The molecule has 0 radical (unpaired) electrons. The molecule has 0 bridgehead atoms. The van der Waals surface area contributed by atoms with Crippen molar-refractivity contribution in [1.29, 1.82) is 0 Å². The Morgan fingerprint density at radius 3 is 2.48 bits per heavy atom. The summed E-state index contributed by atoms with van der Waals surface area (Å²) in [5, 5.41) is 10.4. The molecule has 0 spiro atoms. The second-order valence-electron chi connectivity index (χ2n) is 6.08. The minimum absolute atomic E-state index is 0.458. The molecule has 0 aliphatic carbocycles. The Morgan fingerprint density at radius 2 is 1.76 bits per heavy atom. The molecular formula is C19H22O2. The van der Waals surface area contributed by atoms with E-state index < -0.39 is 6.10 Å². The van der Waals surface area contributed by atoms with Crippen LogP contribution in [0.3, 0.4) is 0 Å². The number of hydrogen-bond acceptors (Lipinski definition) is 2. The van der Waals surface area contributed by atoms with Gasteiger partial charge in [-0.2, -0.15) is 0 Å². The van der Waals surface area contributed by atoms with E-state index in [-0.39, 0.29) is 0 Å². The Labute approximate surface area is 126 Å². The molecule has 110 valence electrons. The van der Waals surface area contributed by atoms with E-state index in [2.05, 4.69) is 44.2 Å². The Bertz CT molecular complexity index is 614. The summed E-state index contributed by atoms with van der Waals surface area (Å²) in [5.41, 5.74) is 4.69. The summed E-state index contributed by atoms with van der Waals surface area (Å²) in [5.74, 6) is 1.51. The van der Waals surface area contributed by atoms with Crippen LogP contribution in [-0.2, 0) is 12.8 Å². The lowest BCUT2D eigenvalue weighted by atomic mass is 9.96. The van der Waals surface area contributed by atoms with Gasteiger partial charge in [0.1, 0.15) is 5.75 Å². The molecule has 2 aromatic rings. The molecule has 1 heterocycles. The topological polar surface area (TPSA) is 29.5 Å². The Morgan fingerprint density at radius 1 is 1.05 bits per heavy atom. The molecule has 1 unspecified atom stereocenters. The third kappa shape index (κ3) is 3.11. The Hall–Kier alpha value is -1.80. The van der Waals surface area contributed by atoms with Crippen molar-refractivity contribution in [3.05, 3.63) is 64.7 Å². The first-order valence-electron chi connectivity index (χ1n) is 7.66. The highest BCUT2D eigenvalue weighted by Crippen LogP contribution is 2.29. The van der Waals surface area contributed by atoms with Crippen LogP contribution in [0.4, 0.5) is 0 Å². The van der Waals surface area contributed by atoms with Gasteiger partial charge >= 0.3 is 0 Å². The molecule has 0 amide bonds. The fourth-order valence-corrected chi connectivity index (χ4v) is 2.79. The lowest BCUT2D eigenvalue weighted by Crippen LogP contribution is -2.02. The molecule has 0 saturated carbocycles. The molecule has 0 fully saturated rings. The van der Waals surface area contributed by atoms with Crippen molar-refractivity contribution >= 4 is 0 Å². The van der Waals surface area contributed by atoms with Crippen LogP contribution in [0.2, 0.25) is 0 Å². The normalized spacial score (nSPS) is 14.9.